The van der Waals surface area contributed by atoms with Crippen LogP contribution in [-0.2, 0) is 6.42 Å². The van der Waals surface area contributed by atoms with Crippen LogP contribution >= 0.6 is 11.6 Å². The zero-order valence-electron chi connectivity index (χ0n) is 8.89. The molecule has 0 aliphatic heterocycles. The van der Waals surface area contributed by atoms with Crippen LogP contribution in [0.3, 0.4) is 0 Å². The largest absolute Gasteiger partial charge is 0.319 e. The van der Waals surface area contributed by atoms with Crippen molar-refractivity contribution in [3.63, 3.8) is 0 Å². The molecule has 15 heavy (non-hydrogen) atoms. The van der Waals surface area contributed by atoms with Gasteiger partial charge in [-0.15, -0.1) is 0 Å². The summed E-state index contributed by atoms with van der Waals surface area (Å²) in [4.78, 5) is 0. The third kappa shape index (κ3) is 1.98. The number of nitrogens with one attached hydrogen (secondary N) is 2. The number of rotatable bonds is 3. The molecule has 1 heterocycles. The molecule has 1 aromatic heterocycles. The fourth-order valence-corrected chi connectivity index (χ4v) is 1.95. The van der Waals surface area contributed by atoms with E-state index >= 15 is 0 Å². The highest BCUT2D eigenvalue weighted by molar-refractivity contribution is 6.35. The molecule has 0 unspecified atom stereocenters. The fourth-order valence-electron chi connectivity index (χ4n) is 1.67. The van der Waals surface area contributed by atoms with Crippen molar-refractivity contribution in [3.05, 3.63) is 28.4 Å². The topological polar surface area (TPSA) is 40.7 Å². The summed E-state index contributed by atoms with van der Waals surface area (Å²) in [5.41, 5.74) is 3.17. The Kier molecular flexibility index (Phi) is 2.93. The van der Waals surface area contributed by atoms with Crippen molar-refractivity contribution in [1.82, 2.24) is 15.5 Å². The number of hydrogen-bond donors (Lipinski definition) is 2. The molecule has 0 aliphatic rings. The second-order valence-corrected chi connectivity index (χ2v) is 4.08. The molecule has 1 aromatic carbocycles. The van der Waals surface area contributed by atoms with Crippen LogP contribution in [0.5, 0.6) is 0 Å². The van der Waals surface area contributed by atoms with E-state index in [1.54, 1.807) is 0 Å². The fraction of sp³-hybridized carbons (Fsp3) is 0.364. The zero-order valence-corrected chi connectivity index (χ0v) is 9.65. The molecular formula is C11H14ClN3. The summed E-state index contributed by atoms with van der Waals surface area (Å²) in [7, 11) is 1.95. The second-order valence-electron chi connectivity index (χ2n) is 3.68. The maximum Gasteiger partial charge on any atom is 0.111 e. The number of hydrogen-bond acceptors (Lipinski definition) is 2. The van der Waals surface area contributed by atoms with E-state index in [1.807, 2.05) is 20.0 Å². The average Bonchev–Trinajstić information content (AvgIpc) is 2.58. The van der Waals surface area contributed by atoms with Crippen molar-refractivity contribution >= 4 is 22.5 Å². The van der Waals surface area contributed by atoms with Crippen molar-refractivity contribution in [2.45, 2.75) is 13.3 Å². The van der Waals surface area contributed by atoms with Gasteiger partial charge in [-0.2, -0.15) is 5.10 Å². The number of fused-ring (bicyclic) bond motifs is 1. The van der Waals surface area contributed by atoms with Gasteiger partial charge in [-0.25, -0.2) is 0 Å². The summed E-state index contributed by atoms with van der Waals surface area (Å²) in [5, 5.41) is 12.1. The minimum absolute atomic E-state index is 0.725. The molecule has 0 radical (unpaired) electrons. The van der Waals surface area contributed by atoms with Crippen molar-refractivity contribution < 1.29 is 0 Å². The lowest BCUT2D eigenvalue weighted by molar-refractivity contribution is 0.792. The highest BCUT2D eigenvalue weighted by Crippen LogP contribution is 2.25. The van der Waals surface area contributed by atoms with E-state index in [-0.39, 0.29) is 0 Å². The maximum atomic E-state index is 6.15. The van der Waals surface area contributed by atoms with Crippen LogP contribution in [0.2, 0.25) is 5.02 Å². The van der Waals surface area contributed by atoms with E-state index in [4.69, 9.17) is 11.6 Å². The molecule has 0 amide bonds. The monoisotopic (exact) mass is 223 g/mol. The SMILES string of the molecule is CNCCc1cc(Cl)c2n[nH]c(C)c2c1. The normalized spacial score (nSPS) is 11.1. The van der Waals surface area contributed by atoms with Crippen molar-refractivity contribution in [2.24, 2.45) is 0 Å². The Morgan fingerprint density at radius 3 is 3.00 bits per heavy atom. The molecule has 0 aliphatic carbocycles. The first-order valence-electron chi connectivity index (χ1n) is 5.00. The van der Waals surface area contributed by atoms with E-state index in [0.717, 1.165) is 34.6 Å². The summed E-state index contributed by atoms with van der Waals surface area (Å²) in [5.74, 6) is 0. The van der Waals surface area contributed by atoms with E-state index in [1.165, 1.54) is 5.56 Å². The molecule has 80 valence electrons. The van der Waals surface area contributed by atoms with E-state index < -0.39 is 0 Å². The first kappa shape index (κ1) is 10.5. The van der Waals surface area contributed by atoms with Crippen LogP contribution < -0.4 is 5.32 Å². The first-order chi connectivity index (χ1) is 7.22. The van der Waals surface area contributed by atoms with Gasteiger partial charge < -0.3 is 5.32 Å². The zero-order chi connectivity index (χ0) is 10.8. The summed E-state index contributed by atoms with van der Waals surface area (Å²) in [6, 6.07) is 4.14. The number of likely N-dealkylation sites (N-methyl/N-ethyl adjacent to an activating group) is 1. The summed E-state index contributed by atoms with van der Waals surface area (Å²) < 4.78 is 0. The van der Waals surface area contributed by atoms with Crippen LogP contribution in [0.1, 0.15) is 11.3 Å². The van der Waals surface area contributed by atoms with E-state index in [9.17, 15) is 0 Å². The lowest BCUT2D eigenvalue weighted by Crippen LogP contribution is -2.10. The standard InChI is InChI=1S/C11H14ClN3/c1-7-9-5-8(3-4-13-2)6-10(12)11(9)15-14-7/h5-6,13H,3-4H2,1-2H3,(H,14,15). The van der Waals surface area contributed by atoms with Gasteiger partial charge in [-0.1, -0.05) is 11.6 Å². The lowest BCUT2D eigenvalue weighted by Gasteiger charge is -2.02. The summed E-state index contributed by atoms with van der Waals surface area (Å²) in [6.45, 7) is 2.96. The van der Waals surface area contributed by atoms with Gasteiger partial charge in [0, 0.05) is 11.1 Å². The molecule has 0 saturated carbocycles. The number of aryl methyl sites for hydroxylation is 1. The van der Waals surface area contributed by atoms with Crippen LogP contribution in [0.15, 0.2) is 12.1 Å². The van der Waals surface area contributed by atoms with Crippen molar-refractivity contribution in [3.8, 4) is 0 Å². The van der Waals surface area contributed by atoms with Crippen molar-refractivity contribution in [2.75, 3.05) is 13.6 Å². The predicted molar refractivity (Wildman–Crippen MR) is 63.5 cm³/mol. The first-order valence-corrected chi connectivity index (χ1v) is 5.38. The molecule has 2 aromatic rings. The molecule has 4 heteroatoms. The second kappa shape index (κ2) is 4.21. The van der Waals surface area contributed by atoms with Crippen LogP contribution in [0.4, 0.5) is 0 Å². The predicted octanol–water partition coefficient (Wildman–Crippen LogP) is 2.29. The number of nitrogens with zero attached hydrogens (tertiary/aromatic N) is 1. The van der Waals surface area contributed by atoms with Crippen LogP contribution in [0, 0.1) is 6.92 Å². The van der Waals surface area contributed by atoms with Gasteiger partial charge in [0.2, 0.25) is 0 Å². The van der Waals surface area contributed by atoms with E-state index in [2.05, 4.69) is 21.6 Å². The van der Waals surface area contributed by atoms with Gasteiger partial charge in [-0.05, 0) is 44.6 Å². The molecule has 2 rings (SSSR count). The van der Waals surface area contributed by atoms with Gasteiger partial charge >= 0.3 is 0 Å². The molecular weight excluding hydrogens is 210 g/mol. The number of aromatic nitrogens is 2. The molecule has 3 nitrogen and oxygen atoms in total. The average molecular weight is 224 g/mol. The van der Waals surface area contributed by atoms with Gasteiger partial charge in [-0.3, -0.25) is 5.10 Å². The quantitative estimate of drug-likeness (QED) is 0.838. The number of benzene rings is 1. The molecule has 0 atom stereocenters. The Hall–Kier alpha value is -1.06. The third-order valence-corrected chi connectivity index (χ3v) is 2.81. The number of halogens is 1. The van der Waals surface area contributed by atoms with Crippen LogP contribution in [0.25, 0.3) is 10.9 Å². The molecule has 0 bridgehead atoms. The maximum absolute atomic E-state index is 6.15. The third-order valence-electron chi connectivity index (χ3n) is 2.53. The Balaban J connectivity index is 2.45. The highest BCUT2D eigenvalue weighted by Gasteiger charge is 2.07. The van der Waals surface area contributed by atoms with Gasteiger partial charge in [0.25, 0.3) is 0 Å². The van der Waals surface area contributed by atoms with E-state index in [0.29, 0.717) is 0 Å². The Labute approximate surface area is 93.8 Å². The smallest absolute Gasteiger partial charge is 0.111 e. The Morgan fingerprint density at radius 1 is 1.47 bits per heavy atom. The Bertz CT molecular complexity index is 476. The molecule has 0 fully saturated rings. The number of aromatic amines is 1. The molecule has 0 saturated heterocycles. The highest BCUT2D eigenvalue weighted by atomic mass is 35.5. The minimum atomic E-state index is 0.725. The minimum Gasteiger partial charge on any atom is -0.319 e. The Morgan fingerprint density at radius 2 is 2.27 bits per heavy atom. The lowest BCUT2D eigenvalue weighted by atomic mass is 10.1. The molecule has 0 spiro atoms. The van der Waals surface area contributed by atoms with Crippen LogP contribution in [-0.4, -0.2) is 23.8 Å². The summed E-state index contributed by atoms with van der Waals surface area (Å²) in [6.07, 6.45) is 0.983. The summed E-state index contributed by atoms with van der Waals surface area (Å²) >= 11 is 6.15. The van der Waals surface area contributed by atoms with Gasteiger partial charge in [0.15, 0.2) is 0 Å². The van der Waals surface area contributed by atoms with Gasteiger partial charge in [0.05, 0.1) is 5.02 Å². The van der Waals surface area contributed by atoms with Crippen molar-refractivity contribution in [1.29, 1.82) is 0 Å². The van der Waals surface area contributed by atoms with Gasteiger partial charge in [0.1, 0.15) is 5.52 Å². The number of H-pyrrole nitrogens is 1. The molecule has 2 N–H and O–H groups in total.